The fourth-order valence-corrected chi connectivity index (χ4v) is 3.38. The lowest BCUT2D eigenvalue weighted by Gasteiger charge is -2.14. The first-order valence-corrected chi connectivity index (χ1v) is 9.72. The van der Waals surface area contributed by atoms with Crippen LogP contribution < -0.4 is 15.2 Å². The minimum Gasteiger partial charge on any atom is -0.465 e. The van der Waals surface area contributed by atoms with Crippen LogP contribution in [0.2, 0.25) is 0 Å². The van der Waals surface area contributed by atoms with Crippen LogP contribution in [0.1, 0.15) is 15.9 Å². The van der Waals surface area contributed by atoms with Gasteiger partial charge in [0.25, 0.3) is 0 Å². The molecule has 150 valence electrons. The Morgan fingerprint density at radius 1 is 1.07 bits per heavy atom. The number of halogens is 1. The average molecular weight is 414 g/mol. The molecule has 0 spiro atoms. The second kappa shape index (κ2) is 8.74. The van der Waals surface area contributed by atoms with Crippen molar-refractivity contribution in [2.75, 3.05) is 17.6 Å². The van der Waals surface area contributed by atoms with Crippen molar-refractivity contribution in [1.29, 1.82) is 0 Å². The van der Waals surface area contributed by atoms with E-state index in [2.05, 4.69) is 4.72 Å². The number of benzene rings is 3. The van der Waals surface area contributed by atoms with Crippen LogP contribution in [0.25, 0.3) is 0 Å². The summed E-state index contributed by atoms with van der Waals surface area (Å²) in [5, 5.41) is 0. The summed E-state index contributed by atoms with van der Waals surface area (Å²) in [6.45, 7) is 1.93. The Labute approximate surface area is 170 Å². The molecule has 3 N–H and O–H groups in total. The van der Waals surface area contributed by atoms with Crippen molar-refractivity contribution >= 4 is 28.3 Å². The van der Waals surface area contributed by atoms with E-state index < -0.39 is 22.8 Å². The molecular weight excluding hydrogens is 395 g/mol. The van der Waals surface area contributed by atoms with Gasteiger partial charge < -0.3 is 19.9 Å². The summed E-state index contributed by atoms with van der Waals surface area (Å²) < 4.78 is 39.3. The molecule has 0 fully saturated rings. The normalized spacial score (nSPS) is 11.6. The molecule has 0 saturated carbocycles. The van der Waals surface area contributed by atoms with Gasteiger partial charge in [0.1, 0.15) is 22.6 Å². The Kier molecular flexibility index (Phi) is 6.13. The minimum atomic E-state index is -1.59. The monoisotopic (exact) mass is 414 g/mol. The molecule has 0 aromatic heterocycles. The van der Waals surface area contributed by atoms with Crippen LogP contribution in [0.3, 0.4) is 0 Å². The first-order valence-electron chi connectivity index (χ1n) is 8.57. The Morgan fingerprint density at radius 2 is 1.79 bits per heavy atom. The zero-order valence-corrected chi connectivity index (χ0v) is 16.6. The van der Waals surface area contributed by atoms with E-state index >= 15 is 0 Å². The summed E-state index contributed by atoms with van der Waals surface area (Å²) in [6.07, 6.45) is 0. The molecule has 0 aliphatic carbocycles. The SMILES string of the molecule is COC(=O)c1cc(Oc2cc(F)ccc2N)ccc1NS(=O)c1ccc(C)cc1. The minimum absolute atomic E-state index is 0.112. The van der Waals surface area contributed by atoms with Crippen molar-refractivity contribution in [3.63, 3.8) is 0 Å². The van der Waals surface area contributed by atoms with Crippen LogP contribution in [-0.2, 0) is 15.7 Å². The number of aryl methyl sites for hydroxylation is 1. The number of methoxy groups -OCH3 is 1. The number of hydrogen-bond acceptors (Lipinski definition) is 5. The number of hydrogen-bond donors (Lipinski definition) is 2. The van der Waals surface area contributed by atoms with Gasteiger partial charge in [-0.3, -0.25) is 0 Å². The summed E-state index contributed by atoms with van der Waals surface area (Å²) in [4.78, 5) is 12.8. The maximum absolute atomic E-state index is 13.5. The topological polar surface area (TPSA) is 90.7 Å². The van der Waals surface area contributed by atoms with E-state index in [1.807, 2.05) is 19.1 Å². The van der Waals surface area contributed by atoms with Gasteiger partial charge in [-0.05, 0) is 49.4 Å². The summed E-state index contributed by atoms with van der Waals surface area (Å²) in [5.41, 5.74) is 7.49. The van der Waals surface area contributed by atoms with Gasteiger partial charge in [-0.2, -0.15) is 0 Å². The lowest BCUT2D eigenvalue weighted by Crippen LogP contribution is -2.11. The van der Waals surface area contributed by atoms with Gasteiger partial charge in [-0.15, -0.1) is 0 Å². The lowest BCUT2D eigenvalue weighted by atomic mass is 10.1. The Hall–Kier alpha value is -3.39. The molecule has 0 saturated heterocycles. The van der Waals surface area contributed by atoms with Gasteiger partial charge in [0.15, 0.2) is 5.75 Å². The molecule has 0 aliphatic rings. The van der Waals surface area contributed by atoms with Crippen molar-refractivity contribution in [2.24, 2.45) is 0 Å². The molecule has 3 aromatic carbocycles. The largest absolute Gasteiger partial charge is 0.465 e. The zero-order chi connectivity index (χ0) is 21.0. The number of nitrogens with one attached hydrogen (secondary N) is 1. The highest BCUT2D eigenvalue weighted by Crippen LogP contribution is 2.31. The van der Waals surface area contributed by atoms with Gasteiger partial charge in [0.05, 0.1) is 28.9 Å². The fraction of sp³-hybridized carbons (Fsp3) is 0.0952. The quantitative estimate of drug-likeness (QED) is 0.460. The first-order chi connectivity index (χ1) is 13.9. The number of ether oxygens (including phenoxy) is 2. The lowest BCUT2D eigenvalue weighted by molar-refractivity contribution is 0.0601. The number of carbonyl (C=O) groups excluding carboxylic acids is 1. The molecule has 1 unspecified atom stereocenters. The predicted octanol–water partition coefficient (Wildman–Crippen LogP) is 4.43. The van der Waals surface area contributed by atoms with E-state index in [9.17, 15) is 13.4 Å². The molecule has 0 heterocycles. The average Bonchev–Trinajstić information content (AvgIpc) is 2.71. The summed E-state index contributed by atoms with van der Waals surface area (Å²) in [6, 6.07) is 15.4. The molecule has 3 aromatic rings. The van der Waals surface area contributed by atoms with Gasteiger partial charge in [0, 0.05) is 6.07 Å². The van der Waals surface area contributed by atoms with Gasteiger partial charge in [-0.1, -0.05) is 17.7 Å². The highest BCUT2D eigenvalue weighted by atomic mass is 32.2. The van der Waals surface area contributed by atoms with Crippen LogP contribution in [0, 0.1) is 12.7 Å². The number of nitrogen functional groups attached to an aromatic ring is 1. The number of nitrogens with two attached hydrogens (primary N) is 1. The van der Waals surface area contributed by atoms with Gasteiger partial charge in [0.2, 0.25) is 0 Å². The van der Waals surface area contributed by atoms with Gasteiger partial charge in [-0.25, -0.2) is 13.4 Å². The molecular formula is C21H19FN2O4S. The summed E-state index contributed by atoms with van der Waals surface area (Å²) in [5.74, 6) is -0.792. The van der Waals surface area contributed by atoms with Crippen LogP contribution in [0.5, 0.6) is 11.5 Å². The number of rotatable bonds is 6. The highest BCUT2D eigenvalue weighted by Gasteiger charge is 2.17. The molecule has 1 atom stereocenters. The fourth-order valence-electron chi connectivity index (χ4n) is 2.50. The predicted molar refractivity (Wildman–Crippen MR) is 110 cm³/mol. The zero-order valence-electron chi connectivity index (χ0n) is 15.8. The molecule has 0 amide bonds. The molecule has 8 heteroatoms. The molecule has 6 nitrogen and oxygen atoms in total. The maximum atomic E-state index is 13.5. The van der Waals surface area contributed by atoms with Crippen LogP contribution >= 0.6 is 0 Å². The standard InChI is InChI=1S/C21H19FN2O4S/c1-13-3-7-16(8-4-13)29(26)24-19-10-6-15(12-17(19)21(25)27-2)28-20-11-14(22)5-9-18(20)23/h3-12,24H,23H2,1-2H3. The van der Waals surface area contributed by atoms with Crippen molar-refractivity contribution < 1.29 is 22.9 Å². The molecule has 3 rings (SSSR count). The number of carbonyl (C=O) groups is 1. The van der Waals surface area contributed by atoms with Crippen molar-refractivity contribution in [3.8, 4) is 11.5 Å². The van der Waals surface area contributed by atoms with Gasteiger partial charge >= 0.3 is 5.97 Å². The van der Waals surface area contributed by atoms with E-state index in [-0.39, 0.29) is 22.7 Å². The second-order valence-electron chi connectivity index (χ2n) is 6.17. The number of anilines is 2. The van der Waals surface area contributed by atoms with E-state index in [4.69, 9.17) is 15.2 Å². The maximum Gasteiger partial charge on any atom is 0.340 e. The van der Waals surface area contributed by atoms with Crippen molar-refractivity contribution in [3.05, 3.63) is 77.6 Å². The van der Waals surface area contributed by atoms with E-state index in [0.717, 1.165) is 11.6 Å². The van der Waals surface area contributed by atoms with Crippen LogP contribution in [0.15, 0.2) is 65.6 Å². The third-order valence-corrected chi connectivity index (χ3v) is 5.14. The third kappa shape index (κ3) is 4.91. The van der Waals surface area contributed by atoms with E-state index in [1.54, 1.807) is 18.2 Å². The Balaban J connectivity index is 1.89. The van der Waals surface area contributed by atoms with Crippen molar-refractivity contribution in [2.45, 2.75) is 11.8 Å². The number of esters is 1. The molecule has 0 aliphatic heterocycles. The Morgan fingerprint density at radius 3 is 2.48 bits per heavy atom. The Bertz CT molecular complexity index is 1070. The summed E-state index contributed by atoms with van der Waals surface area (Å²) in [7, 11) is -0.354. The smallest absolute Gasteiger partial charge is 0.340 e. The molecule has 29 heavy (non-hydrogen) atoms. The first kappa shape index (κ1) is 20.3. The van der Waals surface area contributed by atoms with E-state index in [0.29, 0.717) is 10.6 Å². The third-order valence-electron chi connectivity index (χ3n) is 4.04. The highest BCUT2D eigenvalue weighted by molar-refractivity contribution is 7.86. The van der Waals surface area contributed by atoms with Crippen LogP contribution in [0.4, 0.5) is 15.8 Å². The van der Waals surface area contributed by atoms with E-state index in [1.165, 1.54) is 31.4 Å². The molecule has 0 bridgehead atoms. The van der Waals surface area contributed by atoms with Crippen LogP contribution in [-0.4, -0.2) is 17.3 Å². The summed E-state index contributed by atoms with van der Waals surface area (Å²) >= 11 is 0. The second-order valence-corrected chi connectivity index (χ2v) is 7.38. The van der Waals surface area contributed by atoms with Crippen molar-refractivity contribution in [1.82, 2.24) is 0 Å². The molecule has 0 radical (unpaired) electrons.